The van der Waals surface area contributed by atoms with Crippen LogP contribution >= 0.6 is 0 Å². The molecule has 56 valence electrons. The van der Waals surface area contributed by atoms with E-state index in [0.29, 0.717) is 6.10 Å². The van der Waals surface area contributed by atoms with Gasteiger partial charge in [0.2, 0.25) is 0 Å². The Balaban J connectivity index is 1.77. The first kappa shape index (κ1) is 5.59. The van der Waals surface area contributed by atoms with Crippen molar-refractivity contribution in [2.45, 2.75) is 31.8 Å². The summed E-state index contributed by atoms with van der Waals surface area (Å²) in [7, 11) is 0. The Kier molecular flexibility index (Phi) is 0.984. The molecule has 1 heteroatoms. The van der Waals surface area contributed by atoms with Crippen LogP contribution in [0.3, 0.4) is 0 Å². The van der Waals surface area contributed by atoms with Gasteiger partial charge in [0.15, 0.2) is 0 Å². The predicted molar refractivity (Wildman–Crippen MR) is 38.7 cm³/mol. The monoisotopic (exact) mass is 138 g/mol. The number of hydrogen-bond donors (Lipinski definition) is 0. The molecule has 10 heavy (non-hydrogen) atoms. The van der Waals surface area contributed by atoms with Crippen LogP contribution in [0.15, 0.2) is 0 Å². The molecule has 0 radical (unpaired) electrons. The topological polar surface area (TPSA) is 12.5 Å². The Morgan fingerprint density at radius 1 is 1.10 bits per heavy atom. The van der Waals surface area contributed by atoms with E-state index < -0.39 is 0 Å². The molecule has 1 nitrogen and oxygen atoms in total. The second-order valence-electron chi connectivity index (χ2n) is 4.21. The van der Waals surface area contributed by atoms with Crippen molar-refractivity contribution in [1.82, 2.24) is 0 Å². The van der Waals surface area contributed by atoms with E-state index >= 15 is 0 Å². The van der Waals surface area contributed by atoms with Crippen molar-refractivity contribution >= 4 is 0 Å². The van der Waals surface area contributed by atoms with Crippen LogP contribution in [-0.4, -0.2) is 12.7 Å². The smallest absolute Gasteiger partial charge is 0.0840 e. The van der Waals surface area contributed by atoms with Crippen LogP contribution in [0.1, 0.15) is 25.7 Å². The molecule has 3 fully saturated rings. The van der Waals surface area contributed by atoms with Crippen molar-refractivity contribution in [1.29, 1.82) is 0 Å². The van der Waals surface area contributed by atoms with Crippen molar-refractivity contribution < 1.29 is 4.74 Å². The van der Waals surface area contributed by atoms with E-state index in [2.05, 4.69) is 0 Å². The largest absolute Gasteiger partial charge is 0.373 e. The van der Waals surface area contributed by atoms with Crippen LogP contribution in [0.2, 0.25) is 0 Å². The molecule has 0 unspecified atom stereocenters. The lowest BCUT2D eigenvalue weighted by Gasteiger charge is -2.18. The molecular weight excluding hydrogens is 124 g/mol. The van der Waals surface area contributed by atoms with E-state index in [1.54, 1.807) is 0 Å². The van der Waals surface area contributed by atoms with Crippen molar-refractivity contribution in [2.75, 3.05) is 6.61 Å². The maximum absolute atomic E-state index is 5.35. The average Bonchev–Trinajstić information content (AvgIpc) is 2.60. The number of epoxide rings is 1. The molecule has 0 aromatic heterocycles. The van der Waals surface area contributed by atoms with Crippen molar-refractivity contribution in [3.63, 3.8) is 0 Å². The van der Waals surface area contributed by atoms with Gasteiger partial charge in [-0.1, -0.05) is 6.42 Å². The molecule has 4 atom stereocenters. The van der Waals surface area contributed by atoms with Crippen LogP contribution in [0.4, 0.5) is 0 Å². The lowest BCUT2D eigenvalue weighted by atomic mass is 9.87. The van der Waals surface area contributed by atoms with Crippen molar-refractivity contribution in [3.05, 3.63) is 0 Å². The Bertz CT molecular complexity index is 151. The molecule has 2 bridgehead atoms. The quantitative estimate of drug-likeness (QED) is 0.503. The lowest BCUT2D eigenvalue weighted by molar-refractivity contribution is 0.249. The molecule has 0 aromatic carbocycles. The first-order valence-electron chi connectivity index (χ1n) is 4.55. The highest BCUT2D eigenvalue weighted by atomic mass is 16.6. The van der Waals surface area contributed by atoms with Crippen molar-refractivity contribution in [3.8, 4) is 0 Å². The highest BCUT2D eigenvalue weighted by Crippen LogP contribution is 2.51. The van der Waals surface area contributed by atoms with Gasteiger partial charge in [0.1, 0.15) is 0 Å². The Labute approximate surface area is 61.8 Å². The van der Waals surface area contributed by atoms with Gasteiger partial charge < -0.3 is 4.74 Å². The van der Waals surface area contributed by atoms with E-state index in [-0.39, 0.29) is 0 Å². The van der Waals surface area contributed by atoms with Gasteiger partial charge in [-0.2, -0.15) is 0 Å². The summed E-state index contributed by atoms with van der Waals surface area (Å²) in [6, 6.07) is 0. The Morgan fingerprint density at radius 2 is 2.00 bits per heavy atom. The summed E-state index contributed by atoms with van der Waals surface area (Å²) in [6.45, 7) is 1.08. The molecule has 1 saturated heterocycles. The number of rotatable bonds is 1. The first-order chi connectivity index (χ1) is 4.93. The molecule has 0 spiro atoms. The minimum absolute atomic E-state index is 0.704. The third-order valence-electron chi connectivity index (χ3n) is 3.63. The maximum atomic E-state index is 5.35. The average molecular weight is 138 g/mol. The van der Waals surface area contributed by atoms with Crippen LogP contribution in [-0.2, 0) is 4.74 Å². The van der Waals surface area contributed by atoms with Gasteiger partial charge in [0, 0.05) is 0 Å². The summed E-state index contributed by atoms with van der Waals surface area (Å²) in [5.41, 5.74) is 0. The van der Waals surface area contributed by atoms with Gasteiger partial charge in [-0.05, 0) is 37.0 Å². The molecule has 0 amide bonds. The van der Waals surface area contributed by atoms with Crippen LogP contribution in [0.25, 0.3) is 0 Å². The summed E-state index contributed by atoms with van der Waals surface area (Å²) in [5, 5.41) is 0. The maximum Gasteiger partial charge on any atom is 0.0840 e. The second kappa shape index (κ2) is 1.76. The van der Waals surface area contributed by atoms with E-state index in [9.17, 15) is 0 Å². The zero-order chi connectivity index (χ0) is 6.55. The molecule has 0 N–H and O–H groups in total. The van der Waals surface area contributed by atoms with E-state index in [4.69, 9.17) is 4.74 Å². The SMILES string of the molecule is C1C[C@H]2C[C@H]1C[C@@H]2[C@@H]1CO1. The molecular formula is C9H14O. The minimum atomic E-state index is 0.704. The highest BCUT2D eigenvalue weighted by Gasteiger charge is 2.47. The van der Waals surface area contributed by atoms with Gasteiger partial charge in [-0.3, -0.25) is 0 Å². The number of ether oxygens (including phenoxy) is 1. The summed E-state index contributed by atoms with van der Waals surface area (Å²) in [4.78, 5) is 0. The molecule has 3 aliphatic rings. The van der Waals surface area contributed by atoms with Crippen LogP contribution in [0.5, 0.6) is 0 Å². The lowest BCUT2D eigenvalue weighted by Crippen LogP contribution is -2.15. The van der Waals surface area contributed by atoms with Gasteiger partial charge in [-0.15, -0.1) is 0 Å². The van der Waals surface area contributed by atoms with E-state index in [1.807, 2.05) is 0 Å². The molecule has 0 aromatic rings. The van der Waals surface area contributed by atoms with Crippen LogP contribution in [0, 0.1) is 17.8 Å². The molecule has 1 heterocycles. The van der Waals surface area contributed by atoms with Gasteiger partial charge in [-0.25, -0.2) is 0 Å². The number of fused-ring (bicyclic) bond motifs is 2. The van der Waals surface area contributed by atoms with E-state index in [1.165, 1.54) is 25.7 Å². The number of hydrogen-bond acceptors (Lipinski definition) is 1. The molecule has 2 aliphatic carbocycles. The molecule has 1 aliphatic heterocycles. The zero-order valence-corrected chi connectivity index (χ0v) is 6.25. The minimum Gasteiger partial charge on any atom is -0.373 e. The zero-order valence-electron chi connectivity index (χ0n) is 6.25. The van der Waals surface area contributed by atoms with Gasteiger partial charge in [0.25, 0.3) is 0 Å². The molecule has 2 saturated carbocycles. The summed E-state index contributed by atoms with van der Waals surface area (Å²) in [5.74, 6) is 3.15. The normalized spacial score (nSPS) is 57.6. The highest BCUT2D eigenvalue weighted by molar-refractivity contribution is 4.96. The van der Waals surface area contributed by atoms with Gasteiger partial charge in [0.05, 0.1) is 12.7 Å². The van der Waals surface area contributed by atoms with Crippen molar-refractivity contribution in [2.24, 2.45) is 17.8 Å². The predicted octanol–water partition coefficient (Wildman–Crippen LogP) is 1.82. The van der Waals surface area contributed by atoms with Crippen LogP contribution < -0.4 is 0 Å². The summed E-state index contributed by atoms with van der Waals surface area (Å²) in [6.07, 6.45) is 6.76. The Morgan fingerprint density at radius 3 is 2.50 bits per heavy atom. The van der Waals surface area contributed by atoms with Gasteiger partial charge >= 0.3 is 0 Å². The summed E-state index contributed by atoms with van der Waals surface area (Å²) < 4.78 is 5.35. The summed E-state index contributed by atoms with van der Waals surface area (Å²) >= 11 is 0. The fourth-order valence-electron chi connectivity index (χ4n) is 3.05. The molecule has 3 rings (SSSR count). The first-order valence-corrected chi connectivity index (χ1v) is 4.55. The third-order valence-corrected chi connectivity index (χ3v) is 3.63. The second-order valence-corrected chi connectivity index (χ2v) is 4.21. The fraction of sp³-hybridized carbons (Fsp3) is 1.00. The van der Waals surface area contributed by atoms with E-state index in [0.717, 1.165) is 24.4 Å². The fourth-order valence-corrected chi connectivity index (χ4v) is 3.05. The standard InChI is InChI=1S/C9H14O/c1-2-7-3-6(1)4-8(7)9-5-10-9/h6-9H,1-5H2/t6-,7-,8-,9-/m0/s1. The Hall–Kier alpha value is -0.0400. The third kappa shape index (κ3) is 0.672.